The van der Waals surface area contributed by atoms with Crippen LogP contribution >= 0.6 is 0 Å². The van der Waals surface area contributed by atoms with Crippen LogP contribution in [0.15, 0.2) is 48.5 Å². The van der Waals surface area contributed by atoms with Crippen LogP contribution in [0.4, 0.5) is 8.78 Å². The van der Waals surface area contributed by atoms with Crippen LogP contribution in [0, 0.1) is 5.92 Å². The van der Waals surface area contributed by atoms with Gasteiger partial charge in [-0.15, -0.1) is 0 Å². The summed E-state index contributed by atoms with van der Waals surface area (Å²) < 4.78 is 28.9. The van der Waals surface area contributed by atoms with Gasteiger partial charge in [-0.05, 0) is 66.3 Å². The highest BCUT2D eigenvalue weighted by atomic mass is 19.3. The molecule has 1 aliphatic rings. The Balaban J connectivity index is 1.58. The summed E-state index contributed by atoms with van der Waals surface area (Å²) in [5, 5.41) is 0. The molecule has 140 valence electrons. The lowest BCUT2D eigenvalue weighted by molar-refractivity contribution is -0.0498. The maximum atomic E-state index is 12.2. The Bertz CT molecular complexity index is 656. The van der Waals surface area contributed by atoms with E-state index in [-0.39, 0.29) is 5.75 Å². The summed E-state index contributed by atoms with van der Waals surface area (Å²) in [4.78, 5) is 0. The van der Waals surface area contributed by atoms with Crippen molar-refractivity contribution in [3.8, 4) is 16.9 Å². The Morgan fingerprint density at radius 3 is 2.00 bits per heavy atom. The Kier molecular flexibility index (Phi) is 6.65. The molecule has 2 aromatic carbocycles. The number of alkyl halides is 2. The summed E-state index contributed by atoms with van der Waals surface area (Å²) in [7, 11) is 0. The molecule has 0 saturated heterocycles. The number of unbranched alkanes of at least 4 members (excludes halogenated alkanes) is 1. The van der Waals surface area contributed by atoms with Crippen LogP contribution in [0.1, 0.15) is 63.4 Å². The number of ether oxygens (including phenoxy) is 1. The summed E-state index contributed by atoms with van der Waals surface area (Å²) in [6.45, 7) is -0.510. The van der Waals surface area contributed by atoms with E-state index >= 15 is 0 Å². The van der Waals surface area contributed by atoms with E-state index in [4.69, 9.17) is 0 Å². The molecular weight excluding hydrogens is 330 g/mol. The van der Waals surface area contributed by atoms with Gasteiger partial charge in [-0.2, -0.15) is 8.78 Å². The molecule has 3 heteroatoms. The first-order valence-corrected chi connectivity index (χ1v) is 9.81. The lowest BCUT2D eigenvalue weighted by Gasteiger charge is -2.29. The van der Waals surface area contributed by atoms with Crippen molar-refractivity contribution in [3.63, 3.8) is 0 Å². The third-order valence-corrected chi connectivity index (χ3v) is 5.61. The topological polar surface area (TPSA) is 9.23 Å². The minimum atomic E-state index is -2.78. The van der Waals surface area contributed by atoms with E-state index in [9.17, 15) is 8.78 Å². The maximum absolute atomic E-state index is 12.2. The van der Waals surface area contributed by atoms with Gasteiger partial charge >= 0.3 is 6.61 Å². The van der Waals surface area contributed by atoms with Gasteiger partial charge in [0.05, 0.1) is 0 Å². The minimum Gasteiger partial charge on any atom is -0.435 e. The van der Waals surface area contributed by atoms with E-state index in [1.165, 1.54) is 50.5 Å². The highest BCUT2D eigenvalue weighted by molar-refractivity contribution is 5.64. The van der Waals surface area contributed by atoms with Gasteiger partial charge in [0.15, 0.2) is 0 Å². The minimum absolute atomic E-state index is 0.195. The van der Waals surface area contributed by atoms with Crippen LogP contribution in [0.5, 0.6) is 5.75 Å². The molecule has 1 saturated carbocycles. The summed E-state index contributed by atoms with van der Waals surface area (Å²) in [6.07, 6.45) is 9.38. The van der Waals surface area contributed by atoms with Gasteiger partial charge in [0, 0.05) is 0 Å². The van der Waals surface area contributed by atoms with E-state index in [0.29, 0.717) is 5.92 Å². The van der Waals surface area contributed by atoms with Crippen molar-refractivity contribution in [3.05, 3.63) is 54.1 Å². The van der Waals surface area contributed by atoms with Crippen LogP contribution in [-0.2, 0) is 0 Å². The first-order chi connectivity index (χ1) is 12.7. The second kappa shape index (κ2) is 9.16. The van der Waals surface area contributed by atoms with Crippen molar-refractivity contribution in [2.75, 3.05) is 0 Å². The molecule has 1 nitrogen and oxygen atoms in total. The van der Waals surface area contributed by atoms with E-state index in [2.05, 4.69) is 35.9 Å². The highest BCUT2D eigenvalue weighted by Gasteiger charge is 2.21. The van der Waals surface area contributed by atoms with Gasteiger partial charge in [0.25, 0.3) is 0 Å². The van der Waals surface area contributed by atoms with Crippen LogP contribution < -0.4 is 4.74 Å². The lowest BCUT2D eigenvalue weighted by Crippen LogP contribution is -2.13. The fourth-order valence-electron chi connectivity index (χ4n) is 4.05. The molecule has 0 atom stereocenters. The van der Waals surface area contributed by atoms with Crippen molar-refractivity contribution >= 4 is 0 Å². The molecule has 2 aromatic rings. The van der Waals surface area contributed by atoms with Crippen molar-refractivity contribution in [1.29, 1.82) is 0 Å². The zero-order valence-electron chi connectivity index (χ0n) is 15.5. The number of benzene rings is 2. The summed E-state index contributed by atoms with van der Waals surface area (Å²) in [5.74, 6) is 1.81. The normalized spacial score (nSPS) is 20.3. The zero-order valence-corrected chi connectivity index (χ0v) is 15.5. The van der Waals surface area contributed by atoms with Crippen molar-refractivity contribution in [1.82, 2.24) is 0 Å². The van der Waals surface area contributed by atoms with Gasteiger partial charge in [-0.25, -0.2) is 0 Å². The lowest BCUT2D eigenvalue weighted by atomic mass is 9.77. The van der Waals surface area contributed by atoms with Crippen molar-refractivity contribution < 1.29 is 13.5 Å². The van der Waals surface area contributed by atoms with E-state index in [1.54, 1.807) is 12.1 Å². The molecule has 0 bridgehead atoms. The fourth-order valence-corrected chi connectivity index (χ4v) is 4.05. The second-order valence-electron chi connectivity index (χ2n) is 7.38. The maximum Gasteiger partial charge on any atom is 0.387 e. The zero-order chi connectivity index (χ0) is 18.4. The van der Waals surface area contributed by atoms with Crippen molar-refractivity contribution in [2.24, 2.45) is 5.92 Å². The summed E-state index contributed by atoms with van der Waals surface area (Å²) >= 11 is 0. The van der Waals surface area contributed by atoms with E-state index in [1.807, 2.05) is 12.1 Å². The van der Waals surface area contributed by atoms with E-state index < -0.39 is 6.61 Å². The average Bonchev–Trinajstić information content (AvgIpc) is 2.67. The molecule has 1 aliphatic carbocycles. The van der Waals surface area contributed by atoms with Gasteiger partial charge in [0.2, 0.25) is 0 Å². The molecule has 0 aliphatic heterocycles. The Morgan fingerprint density at radius 1 is 0.885 bits per heavy atom. The molecule has 1 fully saturated rings. The van der Waals surface area contributed by atoms with Crippen LogP contribution in [0.2, 0.25) is 0 Å². The number of halogens is 2. The van der Waals surface area contributed by atoms with Gasteiger partial charge < -0.3 is 4.74 Å². The van der Waals surface area contributed by atoms with Gasteiger partial charge in [-0.3, -0.25) is 0 Å². The van der Waals surface area contributed by atoms with Crippen LogP contribution in [-0.4, -0.2) is 6.61 Å². The van der Waals surface area contributed by atoms with Crippen molar-refractivity contribution in [2.45, 2.75) is 64.4 Å². The molecule has 0 aromatic heterocycles. The first kappa shape index (κ1) is 18.9. The Morgan fingerprint density at radius 2 is 1.46 bits per heavy atom. The quantitative estimate of drug-likeness (QED) is 0.500. The van der Waals surface area contributed by atoms with Gasteiger partial charge in [0.1, 0.15) is 5.75 Å². The van der Waals surface area contributed by atoms with E-state index in [0.717, 1.165) is 17.0 Å². The molecular formula is C23H28F2O. The SMILES string of the molecule is CCCC[C@H]1CC[C@H](c2ccc(-c3ccc(OC(F)F)cc3)cc2)CC1. The number of hydrogen-bond donors (Lipinski definition) is 0. The van der Waals surface area contributed by atoms with Crippen LogP contribution in [0.3, 0.4) is 0 Å². The molecule has 0 unspecified atom stereocenters. The van der Waals surface area contributed by atoms with Crippen LogP contribution in [0.25, 0.3) is 11.1 Å². The third kappa shape index (κ3) is 5.06. The number of rotatable bonds is 7. The highest BCUT2D eigenvalue weighted by Crippen LogP contribution is 2.38. The molecule has 0 N–H and O–H groups in total. The smallest absolute Gasteiger partial charge is 0.387 e. The monoisotopic (exact) mass is 358 g/mol. The third-order valence-electron chi connectivity index (χ3n) is 5.61. The molecule has 0 spiro atoms. The second-order valence-corrected chi connectivity index (χ2v) is 7.38. The molecule has 0 heterocycles. The summed E-state index contributed by atoms with van der Waals surface area (Å²) in [6, 6.07) is 15.6. The molecule has 0 amide bonds. The predicted molar refractivity (Wildman–Crippen MR) is 103 cm³/mol. The summed E-state index contributed by atoms with van der Waals surface area (Å²) in [5.41, 5.74) is 3.55. The Labute approximate surface area is 155 Å². The molecule has 3 rings (SSSR count). The van der Waals surface area contributed by atoms with Gasteiger partial charge in [-0.1, -0.05) is 62.6 Å². The number of hydrogen-bond acceptors (Lipinski definition) is 1. The standard InChI is InChI=1S/C23H28F2O/c1-2-3-4-17-5-7-18(8-6-17)19-9-11-20(12-10-19)21-13-15-22(16-14-21)26-23(24)25/h9-18,23H,2-8H2,1H3/t17-,18-. The largest absolute Gasteiger partial charge is 0.435 e. The Hall–Kier alpha value is -1.90. The molecule has 0 radical (unpaired) electrons. The first-order valence-electron chi connectivity index (χ1n) is 9.81. The predicted octanol–water partition coefficient (Wildman–Crippen LogP) is 7.42. The average molecular weight is 358 g/mol. The molecule has 26 heavy (non-hydrogen) atoms. The fraction of sp³-hybridized carbons (Fsp3) is 0.478.